The van der Waals surface area contributed by atoms with Crippen molar-refractivity contribution in [1.29, 1.82) is 0 Å². The smallest absolute Gasteiger partial charge is 0.346 e. The molecule has 0 aromatic carbocycles. The van der Waals surface area contributed by atoms with Crippen LogP contribution in [-0.4, -0.2) is 26.0 Å². The van der Waals surface area contributed by atoms with Crippen molar-refractivity contribution < 1.29 is 15.0 Å². The molecule has 82 valence electrons. The predicted molar refractivity (Wildman–Crippen MR) is 51.2 cm³/mol. The summed E-state index contributed by atoms with van der Waals surface area (Å²) in [4.78, 5) is 21.9. The maximum atomic E-state index is 11.2. The number of hydrogen-bond acceptors (Lipinski definition) is 3. The van der Waals surface area contributed by atoms with Gasteiger partial charge in [-0.1, -0.05) is 12.8 Å². The molecule has 0 unspecified atom stereocenters. The standard InChI is InChI=1S/C9H12N2O4/c12-7-6(9(14)15)8(13)11(10-7)5-3-1-2-4-5/h5,13H,1-4H2,(H,10,12)(H,14,15). The molecule has 6 nitrogen and oxygen atoms in total. The first kappa shape index (κ1) is 9.82. The summed E-state index contributed by atoms with van der Waals surface area (Å²) in [6.45, 7) is 0. The molecule has 0 radical (unpaired) electrons. The van der Waals surface area contributed by atoms with Crippen LogP contribution >= 0.6 is 0 Å². The number of aromatic amines is 1. The van der Waals surface area contributed by atoms with Crippen LogP contribution in [0.3, 0.4) is 0 Å². The minimum absolute atomic E-state index is 0.0193. The number of hydrogen-bond donors (Lipinski definition) is 3. The van der Waals surface area contributed by atoms with Crippen molar-refractivity contribution in [3.05, 3.63) is 15.9 Å². The SMILES string of the molecule is O=C(O)c1c(O)n(C2CCCC2)[nH]c1=O. The second-order valence-electron chi connectivity index (χ2n) is 3.75. The van der Waals surface area contributed by atoms with Gasteiger partial charge in [-0.25, -0.2) is 4.79 Å². The van der Waals surface area contributed by atoms with Crippen molar-refractivity contribution in [2.45, 2.75) is 31.7 Å². The van der Waals surface area contributed by atoms with Gasteiger partial charge < -0.3 is 10.2 Å². The molecule has 0 aliphatic heterocycles. The van der Waals surface area contributed by atoms with E-state index in [4.69, 9.17) is 5.11 Å². The lowest BCUT2D eigenvalue weighted by atomic mass is 10.2. The molecule has 1 fully saturated rings. The van der Waals surface area contributed by atoms with Crippen LogP contribution in [0.15, 0.2) is 4.79 Å². The number of nitrogens with one attached hydrogen (secondary N) is 1. The minimum atomic E-state index is -1.40. The first-order valence-corrected chi connectivity index (χ1v) is 4.88. The van der Waals surface area contributed by atoms with Crippen molar-refractivity contribution in [3.8, 4) is 5.88 Å². The normalized spacial score (nSPS) is 17.1. The average Bonchev–Trinajstić information content (AvgIpc) is 2.72. The molecule has 0 atom stereocenters. The van der Waals surface area contributed by atoms with Crippen molar-refractivity contribution in [3.63, 3.8) is 0 Å². The number of carboxylic acid groups (broad SMARTS) is 1. The summed E-state index contributed by atoms with van der Waals surface area (Å²) >= 11 is 0. The number of carboxylic acids is 1. The largest absolute Gasteiger partial charge is 0.493 e. The Morgan fingerprint density at radius 1 is 1.40 bits per heavy atom. The van der Waals surface area contributed by atoms with Gasteiger partial charge in [0.2, 0.25) is 5.88 Å². The van der Waals surface area contributed by atoms with Crippen molar-refractivity contribution >= 4 is 5.97 Å². The van der Waals surface area contributed by atoms with Crippen LogP contribution in [-0.2, 0) is 0 Å². The highest BCUT2D eigenvalue weighted by molar-refractivity contribution is 5.89. The van der Waals surface area contributed by atoms with E-state index in [1.165, 1.54) is 4.68 Å². The van der Waals surface area contributed by atoms with Crippen LogP contribution in [0.1, 0.15) is 42.1 Å². The van der Waals surface area contributed by atoms with Gasteiger partial charge >= 0.3 is 5.97 Å². The zero-order chi connectivity index (χ0) is 11.0. The van der Waals surface area contributed by atoms with Crippen LogP contribution in [0, 0.1) is 0 Å². The Balaban J connectivity index is 2.45. The molecular formula is C9H12N2O4. The molecular weight excluding hydrogens is 200 g/mol. The van der Waals surface area contributed by atoms with Crippen molar-refractivity contribution in [1.82, 2.24) is 9.78 Å². The summed E-state index contributed by atoms with van der Waals surface area (Å²) in [5.41, 5.74) is -1.31. The Bertz CT molecular complexity index is 439. The second kappa shape index (κ2) is 3.45. The lowest BCUT2D eigenvalue weighted by Gasteiger charge is -2.11. The monoisotopic (exact) mass is 212 g/mol. The van der Waals surface area contributed by atoms with Crippen LogP contribution in [0.4, 0.5) is 0 Å². The van der Waals surface area contributed by atoms with Gasteiger partial charge in [-0.05, 0) is 12.8 Å². The van der Waals surface area contributed by atoms with Gasteiger partial charge in [0, 0.05) is 0 Å². The molecule has 3 N–H and O–H groups in total. The van der Waals surface area contributed by atoms with Gasteiger partial charge in [-0.2, -0.15) is 0 Å². The topological polar surface area (TPSA) is 95.3 Å². The number of rotatable bonds is 2. The van der Waals surface area contributed by atoms with E-state index in [1.54, 1.807) is 0 Å². The predicted octanol–water partition coefficient (Wildman–Crippen LogP) is 0.695. The molecule has 2 rings (SSSR count). The highest BCUT2D eigenvalue weighted by atomic mass is 16.4. The summed E-state index contributed by atoms with van der Waals surface area (Å²) < 4.78 is 1.28. The molecule has 1 saturated carbocycles. The molecule has 1 heterocycles. The Kier molecular flexibility index (Phi) is 2.26. The van der Waals surface area contributed by atoms with Crippen molar-refractivity contribution in [2.24, 2.45) is 0 Å². The zero-order valence-corrected chi connectivity index (χ0v) is 8.06. The van der Waals surface area contributed by atoms with E-state index in [1.807, 2.05) is 0 Å². The maximum Gasteiger partial charge on any atom is 0.346 e. The number of H-pyrrole nitrogens is 1. The summed E-state index contributed by atoms with van der Waals surface area (Å²) in [6.07, 6.45) is 3.79. The van der Waals surface area contributed by atoms with Crippen molar-refractivity contribution in [2.75, 3.05) is 0 Å². The molecule has 0 saturated heterocycles. The highest BCUT2D eigenvalue weighted by Gasteiger charge is 2.26. The Hall–Kier alpha value is -1.72. The number of carbonyl (C=O) groups is 1. The number of nitrogens with zero attached hydrogens (tertiary/aromatic N) is 1. The van der Waals surface area contributed by atoms with E-state index >= 15 is 0 Å². The van der Waals surface area contributed by atoms with Gasteiger partial charge in [0.1, 0.15) is 0 Å². The van der Waals surface area contributed by atoms with Crippen LogP contribution < -0.4 is 5.56 Å². The first-order chi connectivity index (χ1) is 7.11. The van der Waals surface area contributed by atoms with E-state index in [0.29, 0.717) is 0 Å². The number of aromatic hydroxyl groups is 1. The molecule has 1 aromatic heterocycles. The molecule has 0 spiro atoms. The fourth-order valence-corrected chi connectivity index (χ4v) is 2.06. The number of aromatic nitrogens is 2. The minimum Gasteiger partial charge on any atom is -0.493 e. The van der Waals surface area contributed by atoms with Crippen LogP contribution in [0.25, 0.3) is 0 Å². The molecule has 1 aliphatic rings. The Morgan fingerprint density at radius 2 is 2.00 bits per heavy atom. The second-order valence-corrected chi connectivity index (χ2v) is 3.75. The van der Waals surface area contributed by atoms with Crippen LogP contribution in [0.5, 0.6) is 5.88 Å². The Morgan fingerprint density at radius 3 is 2.47 bits per heavy atom. The summed E-state index contributed by atoms with van der Waals surface area (Å²) in [7, 11) is 0. The van der Waals surface area contributed by atoms with Gasteiger partial charge in [0.15, 0.2) is 5.56 Å². The van der Waals surface area contributed by atoms with Crippen LogP contribution in [0.2, 0.25) is 0 Å². The van der Waals surface area contributed by atoms with E-state index in [-0.39, 0.29) is 6.04 Å². The summed E-state index contributed by atoms with van der Waals surface area (Å²) in [5.74, 6) is -1.86. The lowest BCUT2D eigenvalue weighted by molar-refractivity contribution is 0.0692. The van der Waals surface area contributed by atoms with E-state index in [2.05, 4.69) is 5.10 Å². The molecule has 15 heavy (non-hydrogen) atoms. The first-order valence-electron chi connectivity index (χ1n) is 4.88. The van der Waals surface area contributed by atoms with E-state index in [0.717, 1.165) is 25.7 Å². The van der Waals surface area contributed by atoms with Gasteiger partial charge in [-0.3, -0.25) is 14.6 Å². The zero-order valence-electron chi connectivity index (χ0n) is 8.06. The van der Waals surface area contributed by atoms with Gasteiger partial charge in [0.25, 0.3) is 5.56 Å². The maximum absolute atomic E-state index is 11.2. The fourth-order valence-electron chi connectivity index (χ4n) is 2.06. The third kappa shape index (κ3) is 1.51. The van der Waals surface area contributed by atoms with Gasteiger partial charge in [-0.15, -0.1) is 0 Å². The summed E-state index contributed by atoms with van der Waals surface area (Å²) in [6, 6.07) is 0.0193. The molecule has 1 aromatic rings. The molecule has 6 heteroatoms. The van der Waals surface area contributed by atoms with E-state index < -0.39 is 23.0 Å². The van der Waals surface area contributed by atoms with E-state index in [9.17, 15) is 14.7 Å². The molecule has 0 amide bonds. The Labute approximate surface area is 85.1 Å². The fraction of sp³-hybridized carbons (Fsp3) is 0.556. The summed E-state index contributed by atoms with van der Waals surface area (Å²) in [5, 5.41) is 20.7. The van der Waals surface area contributed by atoms with Gasteiger partial charge in [0.05, 0.1) is 6.04 Å². The molecule has 1 aliphatic carbocycles. The third-order valence-corrected chi connectivity index (χ3v) is 2.80. The third-order valence-electron chi connectivity index (χ3n) is 2.80. The highest BCUT2D eigenvalue weighted by Crippen LogP contribution is 2.31. The molecule has 0 bridgehead atoms. The average molecular weight is 212 g/mol. The number of aromatic carboxylic acids is 1. The lowest BCUT2D eigenvalue weighted by Crippen LogP contribution is -2.13. The quantitative estimate of drug-likeness (QED) is 0.672.